The van der Waals surface area contributed by atoms with Crippen molar-refractivity contribution in [3.63, 3.8) is 0 Å². The van der Waals surface area contributed by atoms with Crippen LogP contribution in [-0.2, 0) is 4.74 Å². The van der Waals surface area contributed by atoms with E-state index in [1.807, 2.05) is 13.0 Å². The summed E-state index contributed by atoms with van der Waals surface area (Å²) in [5.41, 5.74) is 1.52. The van der Waals surface area contributed by atoms with Crippen LogP contribution in [0, 0.1) is 6.92 Å². The smallest absolute Gasteiger partial charge is 0.251 e. The normalized spacial score (nSPS) is 20.8. The van der Waals surface area contributed by atoms with Crippen LogP contribution in [0.1, 0.15) is 28.8 Å². The molecular weight excluding hydrogens is 258 g/mol. The Kier molecular flexibility index (Phi) is 3.78. The summed E-state index contributed by atoms with van der Waals surface area (Å²) in [5.74, 6) is 1.27. The molecule has 1 N–H and O–H groups in total. The Balaban J connectivity index is 1.70. The predicted molar refractivity (Wildman–Crippen MR) is 73.5 cm³/mol. The molecular formula is C15H19NO4. The van der Waals surface area contributed by atoms with Gasteiger partial charge in [-0.1, -0.05) is 0 Å². The first-order valence-corrected chi connectivity index (χ1v) is 7.04. The number of fused-ring (bicyclic) bond motifs is 1. The van der Waals surface area contributed by atoms with Crippen LogP contribution in [-0.4, -0.2) is 38.4 Å². The van der Waals surface area contributed by atoms with E-state index in [0.29, 0.717) is 36.8 Å². The van der Waals surface area contributed by atoms with Gasteiger partial charge >= 0.3 is 0 Å². The molecule has 108 valence electrons. The average molecular weight is 277 g/mol. The molecule has 2 heterocycles. The van der Waals surface area contributed by atoms with Crippen molar-refractivity contribution in [1.29, 1.82) is 0 Å². The molecule has 1 unspecified atom stereocenters. The molecule has 0 saturated carbocycles. The van der Waals surface area contributed by atoms with Gasteiger partial charge in [0.2, 0.25) is 0 Å². The molecule has 2 aliphatic heterocycles. The number of hydrogen-bond acceptors (Lipinski definition) is 4. The first-order valence-electron chi connectivity index (χ1n) is 7.04. The maximum absolute atomic E-state index is 12.2. The second kappa shape index (κ2) is 5.71. The number of nitrogens with one attached hydrogen (secondary N) is 1. The minimum atomic E-state index is -0.0880. The largest absolute Gasteiger partial charge is 0.486 e. The van der Waals surface area contributed by atoms with E-state index in [9.17, 15) is 4.79 Å². The zero-order chi connectivity index (χ0) is 13.9. The molecule has 0 bridgehead atoms. The van der Waals surface area contributed by atoms with Crippen LogP contribution in [0.4, 0.5) is 0 Å². The Bertz CT molecular complexity index is 509. The van der Waals surface area contributed by atoms with Crippen molar-refractivity contribution in [2.45, 2.75) is 25.9 Å². The van der Waals surface area contributed by atoms with Gasteiger partial charge in [-0.05, 0) is 37.5 Å². The monoisotopic (exact) mass is 277 g/mol. The van der Waals surface area contributed by atoms with E-state index >= 15 is 0 Å². The van der Waals surface area contributed by atoms with E-state index in [1.54, 1.807) is 6.07 Å². The molecule has 1 saturated heterocycles. The summed E-state index contributed by atoms with van der Waals surface area (Å²) in [6.07, 6.45) is 2.24. The quantitative estimate of drug-likeness (QED) is 0.913. The molecule has 1 fully saturated rings. The third kappa shape index (κ3) is 2.72. The average Bonchev–Trinajstić information content (AvgIpc) is 2.97. The number of aryl methyl sites for hydroxylation is 1. The lowest BCUT2D eigenvalue weighted by molar-refractivity contribution is 0.0856. The summed E-state index contributed by atoms with van der Waals surface area (Å²) in [4.78, 5) is 12.2. The second-order valence-corrected chi connectivity index (χ2v) is 5.16. The number of ether oxygens (including phenoxy) is 3. The fourth-order valence-corrected chi connectivity index (χ4v) is 2.54. The highest BCUT2D eigenvalue weighted by molar-refractivity contribution is 5.96. The van der Waals surface area contributed by atoms with Gasteiger partial charge in [0, 0.05) is 18.7 Å². The molecule has 0 spiro atoms. The van der Waals surface area contributed by atoms with Crippen LogP contribution < -0.4 is 14.8 Å². The molecule has 0 aliphatic carbocycles. The number of benzene rings is 1. The summed E-state index contributed by atoms with van der Waals surface area (Å²) >= 11 is 0. The van der Waals surface area contributed by atoms with Gasteiger partial charge in [0.15, 0.2) is 11.5 Å². The van der Waals surface area contributed by atoms with E-state index in [2.05, 4.69) is 5.32 Å². The van der Waals surface area contributed by atoms with Crippen LogP contribution in [0.5, 0.6) is 11.5 Å². The highest BCUT2D eigenvalue weighted by Gasteiger charge is 2.20. The van der Waals surface area contributed by atoms with Gasteiger partial charge in [-0.2, -0.15) is 0 Å². The Morgan fingerprint density at radius 2 is 2.00 bits per heavy atom. The van der Waals surface area contributed by atoms with Gasteiger partial charge in [-0.25, -0.2) is 0 Å². The topological polar surface area (TPSA) is 56.8 Å². The highest BCUT2D eigenvalue weighted by atomic mass is 16.6. The van der Waals surface area contributed by atoms with Crippen molar-refractivity contribution >= 4 is 5.91 Å². The van der Waals surface area contributed by atoms with Crippen molar-refractivity contribution in [3.05, 3.63) is 23.3 Å². The first kappa shape index (κ1) is 13.2. The van der Waals surface area contributed by atoms with Crippen LogP contribution >= 0.6 is 0 Å². The zero-order valence-electron chi connectivity index (χ0n) is 11.6. The van der Waals surface area contributed by atoms with Gasteiger partial charge in [0.1, 0.15) is 13.2 Å². The molecule has 1 aromatic carbocycles. The number of carbonyl (C=O) groups excluding carboxylic acids is 1. The molecule has 0 aromatic heterocycles. The van der Waals surface area contributed by atoms with Gasteiger partial charge in [0.05, 0.1) is 6.10 Å². The SMILES string of the molecule is Cc1cc2c(cc1C(=O)NCC1CCCO1)OCCO2. The standard InChI is InChI=1S/C15H19NO4/c1-10-7-13-14(20-6-5-19-13)8-12(10)15(17)16-9-11-3-2-4-18-11/h7-8,11H,2-6,9H2,1H3,(H,16,17). The molecule has 2 aliphatic rings. The molecule has 20 heavy (non-hydrogen) atoms. The van der Waals surface area contributed by atoms with E-state index in [4.69, 9.17) is 14.2 Å². The lowest BCUT2D eigenvalue weighted by Crippen LogP contribution is -2.32. The van der Waals surface area contributed by atoms with Crippen LogP contribution in [0.25, 0.3) is 0 Å². The molecule has 1 atom stereocenters. The zero-order valence-corrected chi connectivity index (χ0v) is 11.6. The predicted octanol–water partition coefficient (Wildman–Crippen LogP) is 1.68. The van der Waals surface area contributed by atoms with E-state index in [-0.39, 0.29) is 12.0 Å². The van der Waals surface area contributed by atoms with Gasteiger partial charge < -0.3 is 19.5 Å². The molecule has 5 nitrogen and oxygen atoms in total. The molecule has 1 aromatic rings. The third-order valence-electron chi connectivity index (χ3n) is 3.65. The van der Waals surface area contributed by atoms with E-state index in [1.165, 1.54) is 0 Å². The lowest BCUT2D eigenvalue weighted by Gasteiger charge is -2.20. The Morgan fingerprint density at radius 3 is 2.70 bits per heavy atom. The van der Waals surface area contributed by atoms with Gasteiger partial charge in [0.25, 0.3) is 5.91 Å². The fraction of sp³-hybridized carbons (Fsp3) is 0.533. The maximum Gasteiger partial charge on any atom is 0.251 e. The van der Waals surface area contributed by atoms with Crippen molar-refractivity contribution in [1.82, 2.24) is 5.32 Å². The van der Waals surface area contributed by atoms with Crippen molar-refractivity contribution in [2.75, 3.05) is 26.4 Å². The fourth-order valence-electron chi connectivity index (χ4n) is 2.54. The Hall–Kier alpha value is -1.75. The number of amides is 1. The maximum atomic E-state index is 12.2. The van der Waals surface area contributed by atoms with Crippen molar-refractivity contribution < 1.29 is 19.0 Å². The summed E-state index contributed by atoms with van der Waals surface area (Å²) in [6.45, 7) is 4.33. The summed E-state index contributed by atoms with van der Waals surface area (Å²) in [5, 5.41) is 2.93. The summed E-state index contributed by atoms with van der Waals surface area (Å²) in [7, 11) is 0. The van der Waals surface area contributed by atoms with Gasteiger partial charge in [-0.15, -0.1) is 0 Å². The molecule has 3 rings (SSSR count). The Labute approximate surface area is 118 Å². The van der Waals surface area contributed by atoms with E-state index < -0.39 is 0 Å². The van der Waals surface area contributed by atoms with Gasteiger partial charge in [-0.3, -0.25) is 4.79 Å². The van der Waals surface area contributed by atoms with Crippen molar-refractivity contribution in [3.8, 4) is 11.5 Å². The summed E-state index contributed by atoms with van der Waals surface area (Å²) in [6, 6.07) is 3.62. The van der Waals surface area contributed by atoms with Crippen LogP contribution in [0.15, 0.2) is 12.1 Å². The molecule has 0 radical (unpaired) electrons. The van der Waals surface area contributed by atoms with Crippen LogP contribution in [0.3, 0.4) is 0 Å². The van der Waals surface area contributed by atoms with Crippen LogP contribution in [0.2, 0.25) is 0 Å². The minimum Gasteiger partial charge on any atom is -0.486 e. The lowest BCUT2D eigenvalue weighted by atomic mass is 10.1. The summed E-state index contributed by atoms with van der Waals surface area (Å²) < 4.78 is 16.5. The van der Waals surface area contributed by atoms with E-state index in [0.717, 1.165) is 25.0 Å². The highest BCUT2D eigenvalue weighted by Crippen LogP contribution is 2.32. The number of hydrogen-bond donors (Lipinski definition) is 1. The number of rotatable bonds is 3. The molecule has 5 heteroatoms. The first-order chi connectivity index (χ1) is 9.74. The minimum absolute atomic E-state index is 0.0880. The number of carbonyl (C=O) groups is 1. The second-order valence-electron chi connectivity index (χ2n) is 5.16. The Morgan fingerprint density at radius 1 is 1.25 bits per heavy atom. The van der Waals surface area contributed by atoms with Crippen molar-refractivity contribution in [2.24, 2.45) is 0 Å². The molecule has 1 amide bonds. The third-order valence-corrected chi connectivity index (χ3v) is 3.65.